The van der Waals surface area contributed by atoms with Gasteiger partial charge in [0.05, 0.1) is 12.5 Å². The molecule has 1 aliphatic carbocycles. The van der Waals surface area contributed by atoms with Crippen molar-refractivity contribution >= 4 is 11.7 Å². The van der Waals surface area contributed by atoms with Gasteiger partial charge in [-0.05, 0) is 36.2 Å². The lowest BCUT2D eigenvalue weighted by atomic mass is 10.1. The van der Waals surface area contributed by atoms with Gasteiger partial charge in [0.25, 0.3) is 0 Å². The molecule has 0 spiro atoms. The first-order valence-electron chi connectivity index (χ1n) is 8.07. The quantitative estimate of drug-likeness (QED) is 0.763. The average molecular weight is 337 g/mol. The lowest BCUT2D eigenvalue weighted by Crippen LogP contribution is -2.15. The molecule has 1 fully saturated rings. The minimum atomic E-state index is -0.0703. The van der Waals surface area contributed by atoms with Gasteiger partial charge in [0, 0.05) is 17.4 Å². The fourth-order valence-corrected chi connectivity index (χ4v) is 3.18. The molecule has 5 rings (SSSR count). The Balaban J connectivity index is 1.35. The number of hydrogen-bond acceptors (Lipinski definition) is 5. The van der Waals surface area contributed by atoms with Crippen LogP contribution in [0.3, 0.4) is 0 Å². The number of aromatic amines is 1. The predicted octanol–water partition coefficient (Wildman–Crippen LogP) is 3.14. The normalized spacial score (nSPS) is 20.5. The molecule has 1 aliphatic heterocycles. The molecule has 2 unspecified atom stereocenters. The van der Waals surface area contributed by atoms with Crippen LogP contribution in [0.2, 0.25) is 0 Å². The van der Waals surface area contributed by atoms with Crippen LogP contribution in [0.15, 0.2) is 47.2 Å². The van der Waals surface area contributed by atoms with E-state index in [4.69, 9.17) is 13.9 Å². The number of rotatable bonds is 4. The standard InChI is InChI=1S/C18H15N3O4/c22-18(12-7-11(12)14-2-1-5-23-14)20-17-13(8-19-21-17)10-3-4-15-16(6-10)25-9-24-15/h1-6,8,11-12H,7,9H2,(H2,19,20,21,22). The minimum Gasteiger partial charge on any atom is -0.469 e. The van der Waals surface area contributed by atoms with Gasteiger partial charge in [-0.2, -0.15) is 5.10 Å². The van der Waals surface area contributed by atoms with Gasteiger partial charge in [-0.15, -0.1) is 0 Å². The first-order valence-corrected chi connectivity index (χ1v) is 8.07. The number of H-pyrrole nitrogens is 1. The van der Waals surface area contributed by atoms with Crippen molar-refractivity contribution in [3.05, 3.63) is 48.6 Å². The van der Waals surface area contributed by atoms with Gasteiger partial charge in [0.1, 0.15) is 11.6 Å². The molecule has 126 valence electrons. The van der Waals surface area contributed by atoms with E-state index >= 15 is 0 Å². The third-order valence-corrected chi connectivity index (χ3v) is 4.61. The maximum Gasteiger partial charge on any atom is 0.231 e. The second kappa shape index (κ2) is 5.41. The van der Waals surface area contributed by atoms with E-state index in [1.165, 1.54) is 0 Å². The summed E-state index contributed by atoms with van der Waals surface area (Å²) in [7, 11) is 0. The van der Waals surface area contributed by atoms with E-state index < -0.39 is 0 Å². The summed E-state index contributed by atoms with van der Waals surface area (Å²) in [5, 5.41) is 9.86. The highest BCUT2D eigenvalue weighted by Gasteiger charge is 2.46. The SMILES string of the molecule is O=C(Nc1[nH]ncc1-c1ccc2c(c1)OCO2)C1CC1c1ccco1. The first kappa shape index (κ1) is 14.2. The number of anilines is 1. The van der Waals surface area contributed by atoms with Crippen LogP contribution in [-0.2, 0) is 4.79 Å². The monoisotopic (exact) mass is 337 g/mol. The summed E-state index contributed by atoms with van der Waals surface area (Å²) in [5.74, 6) is 2.90. The van der Waals surface area contributed by atoms with Crippen molar-refractivity contribution in [2.45, 2.75) is 12.3 Å². The Bertz CT molecular complexity index is 932. The number of nitrogens with one attached hydrogen (secondary N) is 2. The molecular formula is C18H15N3O4. The summed E-state index contributed by atoms with van der Waals surface area (Å²) >= 11 is 0. The number of benzene rings is 1. The van der Waals surface area contributed by atoms with Crippen molar-refractivity contribution in [3.8, 4) is 22.6 Å². The van der Waals surface area contributed by atoms with E-state index in [1.54, 1.807) is 12.5 Å². The molecule has 3 heterocycles. The highest BCUT2D eigenvalue weighted by molar-refractivity contribution is 5.97. The van der Waals surface area contributed by atoms with Gasteiger partial charge >= 0.3 is 0 Å². The Morgan fingerprint density at radius 1 is 1.24 bits per heavy atom. The van der Waals surface area contributed by atoms with Crippen molar-refractivity contribution in [2.75, 3.05) is 12.1 Å². The molecule has 3 aromatic rings. The second-order valence-corrected chi connectivity index (χ2v) is 6.18. The summed E-state index contributed by atoms with van der Waals surface area (Å²) in [5.41, 5.74) is 1.70. The number of nitrogens with zero attached hydrogens (tertiary/aromatic N) is 1. The lowest BCUT2D eigenvalue weighted by Gasteiger charge is -2.06. The highest BCUT2D eigenvalue weighted by atomic mass is 16.7. The number of furan rings is 1. The molecule has 7 heteroatoms. The Labute approximate surface area is 142 Å². The van der Waals surface area contributed by atoms with Crippen LogP contribution in [-0.4, -0.2) is 22.9 Å². The molecule has 25 heavy (non-hydrogen) atoms. The van der Waals surface area contributed by atoms with Gasteiger partial charge in [-0.25, -0.2) is 0 Å². The second-order valence-electron chi connectivity index (χ2n) is 6.18. The Kier molecular flexibility index (Phi) is 3.06. The Hall–Kier alpha value is -3.22. The van der Waals surface area contributed by atoms with Crippen molar-refractivity contribution < 1.29 is 18.7 Å². The summed E-state index contributed by atoms with van der Waals surface area (Å²) < 4.78 is 16.1. The molecule has 0 saturated heterocycles. The van der Waals surface area contributed by atoms with Crippen LogP contribution in [0, 0.1) is 5.92 Å². The Morgan fingerprint density at radius 3 is 3.04 bits per heavy atom. The third-order valence-electron chi connectivity index (χ3n) is 4.61. The van der Waals surface area contributed by atoms with Crippen molar-refractivity contribution in [3.63, 3.8) is 0 Å². The van der Waals surface area contributed by atoms with Crippen LogP contribution >= 0.6 is 0 Å². The van der Waals surface area contributed by atoms with Crippen LogP contribution in [0.5, 0.6) is 11.5 Å². The molecule has 2 N–H and O–H groups in total. The molecule has 2 atom stereocenters. The molecule has 2 aliphatic rings. The molecule has 2 aromatic heterocycles. The molecule has 0 bridgehead atoms. The highest BCUT2D eigenvalue weighted by Crippen LogP contribution is 2.48. The predicted molar refractivity (Wildman–Crippen MR) is 88.3 cm³/mol. The number of aromatic nitrogens is 2. The Morgan fingerprint density at radius 2 is 2.16 bits per heavy atom. The van der Waals surface area contributed by atoms with Crippen LogP contribution in [0.1, 0.15) is 18.1 Å². The maximum atomic E-state index is 12.5. The number of carbonyl (C=O) groups excluding carboxylic acids is 1. The summed E-state index contributed by atoms with van der Waals surface area (Å²) in [6, 6.07) is 9.40. The van der Waals surface area contributed by atoms with E-state index in [0.717, 1.165) is 29.1 Å². The van der Waals surface area contributed by atoms with Crippen molar-refractivity contribution in [1.82, 2.24) is 10.2 Å². The molecule has 1 aromatic carbocycles. The van der Waals surface area contributed by atoms with E-state index in [9.17, 15) is 4.79 Å². The smallest absolute Gasteiger partial charge is 0.231 e. The van der Waals surface area contributed by atoms with Crippen molar-refractivity contribution in [2.24, 2.45) is 5.92 Å². The van der Waals surface area contributed by atoms with E-state index in [1.807, 2.05) is 30.3 Å². The molecular weight excluding hydrogens is 322 g/mol. The minimum absolute atomic E-state index is 0.0346. The average Bonchev–Trinajstić information content (AvgIpc) is 3.06. The van der Waals surface area contributed by atoms with Gasteiger partial charge in [-0.3, -0.25) is 9.89 Å². The van der Waals surface area contributed by atoms with Crippen LogP contribution < -0.4 is 14.8 Å². The van der Waals surface area contributed by atoms with E-state index in [0.29, 0.717) is 11.6 Å². The van der Waals surface area contributed by atoms with Crippen molar-refractivity contribution in [1.29, 1.82) is 0 Å². The summed E-state index contributed by atoms with van der Waals surface area (Å²) in [4.78, 5) is 12.5. The largest absolute Gasteiger partial charge is 0.469 e. The zero-order valence-electron chi connectivity index (χ0n) is 13.2. The van der Waals surface area contributed by atoms with Gasteiger partial charge in [-0.1, -0.05) is 6.07 Å². The number of hydrogen-bond donors (Lipinski definition) is 2. The fourth-order valence-electron chi connectivity index (χ4n) is 3.18. The zero-order chi connectivity index (χ0) is 16.8. The number of amides is 1. The topological polar surface area (TPSA) is 89.4 Å². The van der Waals surface area contributed by atoms with E-state index in [2.05, 4.69) is 15.5 Å². The van der Waals surface area contributed by atoms with Crippen LogP contribution in [0.25, 0.3) is 11.1 Å². The van der Waals surface area contributed by atoms with Gasteiger partial charge in [0.2, 0.25) is 12.7 Å². The van der Waals surface area contributed by atoms with Crippen LogP contribution in [0.4, 0.5) is 5.82 Å². The summed E-state index contributed by atoms with van der Waals surface area (Å²) in [6.07, 6.45) is 4.12. The number of ether oxygens (including phenoxy) is 2. The maximum absolute atomic E-state index is 12.5. The number of fused-ring (bicyclic) bond motifs is 1. The van der Waals surface area contributed by atoms with Gasteiger partial charge < -0.3 is 19.2 Å². The van der Waals surface area contributed by atoms with Gasteiger partial charge in [0.15, 0.2) is 11.5 Å². The molecule has 1 saturated carbocycles. The third kappa shape index (κ3) is 2.44. The zero-order valence-corrected chi connectivity index (χ0v) is 13.2. The first-order chi connectivity index (χ1) is 12.3. The lowest BCUT2D eigenvalue weighted by molar-refractivity contribution is -0.117. The number of carbonyl (C=O) groups is 1. The molecule has 1 amide bonds. The molecule has 0 radical (unpaired) electrons. The van der Waals surface area contributed by atoms with E-state index in [-0.39, 0.29) is 24.5 Å². The summed E-state index contributed by atoms with van der Waals surface area (Å²) in [6.45, 7) is 0.226. The molecule has 7 nitrogen and oxygen atoms in total. The fraction of sp³-hybridized carbons (Fsp3) is 0.222.